The van der Waals surface area contributed by atoms with E-state index in [-0.39, 0.29) is 5.78 Å². The third-order valence-electron chi connectivity index (χ3n) is 2.76. The monoisotopic (exact) mass is 251 g/mol. The van der Waals surface area contributed by atoms with E-state index in [9.17, 15) is 4.79 Å². The zero-order chi connectivity index (χ0) is 13.5. The molecule has 102 valence electrons. The number of hydrogen-bond acceptors (Lipinski definition) is 3. The number of ketones is 1. The SMILES string of the molecule is CC(C)NCCCC(=O)Cc1ccn(C(C)C)n1. The normalized spacial score (nSPS) is 11.4. The zero-order valence-corrected chi connectivity index (χ0v) is 11.9. The van der Waals surface area contributed by atoms with Crippen molar-refractivity contribution in [1.29, 1.82) is 0 Å². The van der Waals surface area contributed by atoms with Crippen LogP contribution in [0, 0.1) is 0 Å². The highest BCUT2D eigenvalue weighted by Gasteiger charge is 2.07. The van der Waals surface area contributed by atoms with Crippen LogP contribution in [-0.4, -0.2) is 28.2 Å². The molecule has 1 N–H and O–H groups in total. The highest BCUT2D eigenvalue weighted by atomic mass is 16.1. The third-order valence-corrected chi connectivity index (χ3v) is 2.76. The Morgan fingerprint density at radius 2 is 2.11 bits per heavy atom. The average molecular weight is 251 g/mol. The summed E-state index contributed by atoms with van der Waals surface area (Å²) in [5.74, 6) is 0.273. The van der Waals surface area contributed by atoms with Gasteiger partial charge in [-0.15, -0.1) is 0 Å². The first kappa shape index (κ1) is 14.9. The maximum Gasteiger partial charge on any atom is 0.138 e. The van der Waals surface area contributed by atoms with Crippen molar-refractivity contribution in [1.82, 2.24) is 15.1 Å². The van der Waals surface area contributed by atoms with Crippen LogP contribution in [0.4, 0.5) is 0 Å². The molecule has 1 aromatic heterocycles. The Morgan fingerprint density at radius 3 is 2.67 bits per heavy atom. The molecular weight excluding hydrogens is 226 g/mol. The number of aromatic nitrogens is 2. The van der Waals surface area contributed by atoms with Crippen LogP contribution in [0.2, 0.25) is 0 Å². The van der Waals surface area contributed by atoms with E-state index in [1.807, 2.05) is 16.9 Å². The quantitative estimate of drug-likeness (QED) is 0.721. The van der Waals surface area contributed by atoms with E-state index in [0.29, 0.717) is 24.9 Å². The molecule has 0 spiro atoms. The van der Waals surface area contributed by atoms with Crippen LogP contribution in [0.25, 0.3) is 0 Å². The first-order valence-corrected chi connectivity index (χ1v) is 6.78. The predicted octanol–water partition coefficient (Wildman–Crippen LogP) is 2.35. The third kappa shape index (κ3) is 5.45. The van der Waals surface area contributed by atoms with Crippen molar-refractivity contribution in [3.8, 4) is 0 Å². The van der Waals surface area contributed by atoms with Crippen LogP contribution >= 0.6 is 0 Å². The summed E-state index contributed by atoms with van der Waals surface area (Å²) in [4.78, 5) is 11.8. The van der Waals surface area contributed by atoms with Gasteiger partial charge < -0.3 is 5.32 Å². The summed E-state index contributed by atoms with van der Waals surface area (Å²) in [6.45, 7) is 9.29. The Morgan fingerprint density at radius 1 is 1.39 bits per heavy atom. The van der Waals surface area contributed by atoms with Gasteiger partial charge >= 0.3 is 0 Å². The molecule has 0 fully saturated rings. The van der Waals surface area contributed by atoms with Gasteiger partial charge in [0.1, 0.15) is 5.78 Å². The van der Waals surface area contributed by atoms with Crippen molar-refractivity contribution in [2.75, 3.05) is 6.54 Å². The fourth-order valence-electron chi connectivity index (χ4n) is 1.73. The lowest BCUT2D eigenvalue weighted by molar-refractivity contribution is -0.118. The van der Waals surface area contributed by atoms with Gasteiger partial charge in [-0.3, -0.25) is 9.48 Å². The van der Waals surface area contributed by atoms with Gasteiger partial charge in [-0.25, -0.2) is 0 Å². The van der Waals surface area contributed by atoms with E-state index in [1.165, 1.54) is 0 Å². The summed E-state index contributed by atoms with van der Waals surface area (Å²) in [7, 11) is 0. The lowest BCUT2D eigenvalue weighted by Gasteiger charge is -2.06. The van der Waals surface area contributed by atoms with Gasteiger partial charge in [-0.2, -0.15) is 5.10 Å². The lowest BCUT2D eigenvalue weighted by Crippen LogP contribution is -2.24. The van der Waals surface area contributed by atoms with Gasteiger partial charge in [0.05, 0.1) is 12.1 Å². The molecule has 0 aliphatic heterocycles. The summed E-state index contributed by atoms with van der Waals surface area (Å²) in [6, 6.07) is 2.77. The molecule has 0 aromatic carbocycles. The highest BCUT2D eigenvalue weighted by Crippen LogP contribution is 2.06. The minimum absolute atomic E-state index is 0.273. The van der Waals surface area contributed by atoms with Gasteiger partial charge in [0, 0.05) is 24.7 Å². The molecular formula is C14H25N3O. The zero-order valence-electron chi connectivity index (χ0n) is 11.9. The second-order valence-electron chi connectivity index (χ2n) is 5.31. The molecule has 0 aliphatic carbocycles. The number of carbonyl (C=O) groups is 1. The van der Waals surface area contributed by atoms with Crippen molar-refractivity contribution in [2.24, 2.45) is 0 Å². The molecule has 0 amide bonds. The molecule has 0 aliphatic rings. The lowest BCUT2D eigenvalue weighted by atomic mass is 10.1. The van der Waals surface area contributed by atoms with Gasteiger partial charge in [-0.05, 0) is 32.9 Å². The van der Waals surface area contributed by atoms with E-state index >= 15 is 0 Å². The fraction of sp³-hybridized carbons (Fsp3) is 0.714. The summed E-state index contributed by atoms with van der Waals surface area (Å²) >= 11 is 0. The Hall–Kier alpha value is -1.16. The van der Waals surface area contributed by atoms with Crippen molar-refractivity contribution in [3.05, 3.63) is 18.0 Å². The van der Waals surface area contributed by atoms with Crippen molar-refractivity contribution in [2.45, 2.75) is 59.0 Å². The van der Waals surface area contributed by atoms with Gasteiger partial charge in [0.15, 0.2) is 0 Å². The summed E-state index contributed by atoms with van der Waals surface area (Å²) in [5.41, 5.74) is 0.880. The largest absolute Gasteiger partial charge is 0.315 e. The molecule has 0 atom stereocenters. The Kier molecular flexibility index (Phi) is 6.05. The Labute approximate surface area is 110 Å². The molecule has 0 saturated heterocycles. The fourth-order valence-corrected chi connectivity index (χ4v) is 1.73. The number of rotatable bonds is 8. The summed E-state index contributed by atoms with van der Waals surface area (Å²) in [5, 5.41) is 7.70. The summed E-state index contributed by atoms with van der Waals surface area (Å²) in [6.07, 6.45) is 3.94. The molecule has 0 saturated carbocycles. The van der Waals surface area contributed by atoms with Crippen LogP contribution in [-0.2, 0) is 11.2 Å². The first-order chi connectivity index (χ1) is 8.49. The Balaban J connectivity index is 2.26. The minimum atomic E-state index is 0.273. The molecule has 18 heavy (non-hydrogen) atoms. The van der Waals surface area contributed by atoms with Gasteiger partial charge in [0.2, 0.25) is 0 Å². The van der Waals surface area contributed by atoms with Crippen LogP contribution in [0.5, 0.6) is 0 Å². The van der Waals surface area contributed by atoms with E-state index < -0.39 is 0 Å². The standard InChI is InChI=1S/C14H25N3O/c1-11(2)15-8-5-6-14(18)10-13-7-9-17(16-13)12(3)4/h7,9,11-12,15H,5-6,8,10H2,1-4H3. The van der Waals surface area contributed by atoms with Crippen LogP contribution in [0.15, 0.2) is 12.3 Å². The number of nitrogens with one attached hydrogen (secondary N) is 1. The second kappa shape index (κ2) is 7.31. The van der Waals surface area contributed by atoms with E-state index in [0.717, 1.165) is 18.7 Å². The smallest absolute Gasteiger partial charge is 0.138 e. The molecule has 4 heteroatoms. The summed E-state index contributed by atoms with van der Waals surface area (Å²) < 4.78 is 1.89. The number of nitrogens with zero attached hydrogens (tertiary/aromatic N) is 2. The number of Topliss-reactive ketones (excluding diaryl/α,β-unsaturated/α-hetero) is 1. The van der Waals surface area contributed by atoms with Crippen LogP contribution < -0.4 is 5.32 Å². The minimum Gasteiger partial charge on any atom is -0.315 e. The predicted molar refractivity (Wildman–Crippen MR) is 73.7 cm³/mol. The molecule has 1 aromatic rings. The number of hydrogen-bond donors (Lipinski definition) is 1. The van der Waals surface area contributed by atoms with Crippen LogP contribution in [0.3, 0.4) is 0 Å². The topological polar surface area (TPSA) is 46.9 Å². The molecule has 1 heterocycles. The van der Waals surface area contributed by atoms with Crippen molar-refractivity contribution >= 4 is 5.78 Å². The molecule has 1 rings (SSSR count). The van der Waals surface area contributed by atoms with E-state index in [2.05, 4.69) is 38.1 Å². The van der Waals surface area contributed by atoms with Crippen LogP contribution in [0.1, 0.15) is 52.3 Å². The average Bonchev–Trinajstić information content (AvgIpc) is 2.72. The highest BCUT2D eigenvalue weighted by molar-refractivity contribution is 5.80. The number of carbonyl (C=O) groups excluding carboxylic acids is 1. The second-order valence-corrected chi connectivity index (χ2v) is 5.31. The molecule has 0 unspecified atom stereocenters. The molecule has 0 bridgehead atoms. The van der Waals surface area contributed by atoms with E-state index in [4.69, 9.17) is 0 Å². The van der Waals surface area contributed by atoms with Gasteiger partial charge in [-0.1, -0.05) is 13.8 Å². The first-order valence-electron chi connectivity index (χ1n) is 6.78. The maximum absolute atomic E-state index is 11.8. The van der Waals surface area contributed by atoms with Crippen molar-refractivity contribution < 1.29 is 4.79 Å². The molecule has 0 radical (unpaired) electrons. The van der Waals surface area contributed by atoms with Gasteiger partial charge in [0.25, 0.3) is 0 Å². The maximum atomic E-state index is 11.8. The van der Waals surface area contributed by atoms with E-state index in [1.54, 1.807) is 0 Å². The molecule has 4 nitrogen and oxygen atoms in total. The van der Waals surface area contributed by atoms with Crippen molar-refractivity contribution in [3.63, 3.8) is 0 Å². The Bertz CT molecular complexity index is 369.